The Labute approximate surface area is 135 Å². The zero-order valence-electron chi connectivity index (χ0n) is 13.4. The van der Waals surface area contributed by atoms with Gasteiger partial charge in [0.25, 0.3) is 0 Å². The fourth-order valence-corrected chi connectivity index (χ4v) is 3.25. The summed E-state index contributed by atoms with van der Waals surface area (Å²) in [6, 6.07) is 4.42. The standard InChI is InChI=1S/C17H23FN4O/c1-11(12-4-6-19-7-5-12)8-17(23)20-10-16-21-14-3-2-13(18)9-15(14)22-16/h2-3,9,11-12,19H,4-8,10H2,1H3,(H,20,23)(H,21,22). The molecule has 6 heteroatoms. The van der Waals surface area contributed by atoms with Crippen molar-refractivity contribution in [3.63, 3.8) is 0 Å². The van der Waals surface area contributed by atoms with Crippen LogP contribution in [0.4, 0.5) is 4.39 Å². The third kappa shape index (κ3) is 4.07. The van der Waals surface area contributed by atoms with E-state index in [1.54, 1.807) is 6.07 Å². The van der Waals surface area contributed by atoms with E-state index >= 15 is 0 Å². The van der Waals surface area contributed by atoms with Crippen molar-refractivity contribution in [1.29, 1.82) is 0 Å². The van der Waals surface area contributed by atoms with Crippen LogP contribution in [0.15, 0.2) is 18.2 Å². The van der Waals surface area contributed by atoms with Gasteiger partial charge in [-0.25, -0.2) is 9.37 Å². The Kier molecular flexibility index (Phi) is 4.91. The van der Waals surface area contributed by atoms with Crippen molar-refractivity contribution in [2.24, 2.45) is 11.8 Å². The number of imidazole rings is 1. The van der Waals surface area contributed by atoms with E-state index in [1.807, 2.05) is 0 Å². The van der Waals surface area contributed by atoms with E-state index in [0.717, 1.165) is 25.9 Å². The van der Waals surface area contributed by atoms with Crippen molar-refractivity contribution >= 4 is 16.9 Å². The van der Waals surface area contributed by atoms with Gasteiger partial charge < -0.3 is 15.6 Å². The fraction of sp³-hybridized carbons (Fsp3) is 0.529. The summed E-state index contributed by atoms with van der Waals surface area (Å²) in [4.78, 5) is 19.5. The molecule has 1 aliphatic heterocycles. The lowest BCUT2D eigenvalue weighted by atomic mass is 9.84. The molecule has 1 atom stereocenters. The van der Waals surface area contributed by atoms with Gasteiger partial charge in [0.05, 0.1) is 17.6 Å². The van der Waals surface area contributed by atoms with Crippen LogP contribution in [0.1, 0.15) is 32.0 Å². The highest BCUT2D eigenvalue weighted by atomic mass is 19.1. The molecule has 0 radical (unpaired) electrons. The number of amides is 1. The lowest BCUT2D eigenvalue weighted by Gasteiger charge is -2.27. The number of hydrogen-bond acceptors (Lipinski definition) is 3. The molecule has 0 spiro atoms. The van der Waals surface area contributed by atoms with Crippen LogP contribution >= 0.6 is 0 Å². The molecule has 2 aromatic rings. The van der Waals surface area contributed by atoms with Gasteiger partial charge in [0.15, 0.2) is 0 Å². The molecular formula is C17H23FN4O. The maximum atomic E-state index is 13.2. The summed E-state index contributed by atoms with van der Waals surface area (Å²) < 4.78 is 13.2. The molecular weight excluding hydrogens is 295 g/mol. The normalized spacial score (nSPS) is 17.3. The molecule has 1 aliphatic rings. The topological polar surface area (TPSA) is 69.8 Å². The van der Waals surface area contributed by atoms with Crippen LogP contribution in [0.25, 0.3) is 11.0 Å². The number of halogens is 1. The first-order chi connectivity index (χ1) is 11.1. The van der Waals surface area contributed by atoms with E-state index in [4.69, 9.17) is 0 Å². The second-order valence-corrected chi connectivity index (χ2v) is 6.39. The number of nitrogens with zero attached hydrogens (tertiary/aromatic N) is 1. The molecule has 23 heavy (non-hydrogen) atoms. The first-order valence-electron chi connectivity index (χ1n) is 8.23. The molecule has 1 amide bonds. The van der Waals surface area contributed by atoms with Gasteiger partial charge in [-0.3, -0.25) is 4.79 Å². The van der Waals surface area contributed by atoms with Gasteiger partial charge in [-0.05, 0) is 56.0 Å². The minimum atomic E-state index is -0.299. The Morgan fingerprint density at radius 1 is 1.43 bits per heavy atom. The average Bonchev–Trinajstić information content (AvgIpc) is 2.95. The Hall–Kier alpha value is -1.95. The van der Waals surface area contributed by atoms with E-state index in [-0.39, 0.29) is 11.7 Å². The van der Waals surface area contributed by atoms with Crippen molar-refractivity contribution in [3.8, 4) is 0 Å². The van der Waals surface area contributed by atoms with Gasteiger partial charge in [-0.15, -0.1) is 0 Å². The summed E-state index contributed by atoms with van der Waals surface area (Å²) in [5.74, 6) is 1.40. The number of piperidine rings is 1. The van der Waals surface area contributed by atoms with Gasteiger partial charge >= 0.3 is 0 Å². The number of carbonyl (C=O) groups excluding carboxylic acids is 1. The van der Waals surface area contributed by atoms with E-state index in [9.17, 15) is 9.18 Å². The number of aromatic amines is 1. The van der Waals surface area contributed by atoms with Gasteiger partial charge in [0.1, 0.15) is 11.6 Å². The van der Waals surface area contributed by atoms with E-state index in [2.05, 4.69) is 27.5 Å². The first-order valence-corrected chi connectivity index (χ1v) is 8.23. The highest BCUT2D eigenvalue weighted by molar-refractivity contribution is 5.77. The van der Waals surface area contributed by atoms with Gasteiger partial charge in [-0.1, -0.05) is 6.92 Å². The van der Waals surface area contributed by atoms with Crippen LogP contribution in [0.3, 0.4) is 0 Å². The molecule has 1 saturated heterocycles. The molecule has 1 unspecified atom stereocenters. The Balaban J connectivity index is 1.51. The average molecular weight is 318 g/mol. The van der Waals surface area contributed by atoms with Crippen molar-refractivity contribution in [3.05, 3.63) is 29.8 Å². The van der Waals surface area contributed by atoms with Crippen LogP contribution in [-0.4, -0.2) is 29.0 Å². The van der Waals surface area contributed by atoms with Gasteiger partial charge in [0.2, 0.25) is 5.91 Å². The molecule has 3 rings (SSSR count). The number of fused-ring (bicyclic) bond motifs is 1. The number of benzene rings is 1. The second-order valence-electron chi connectivity index (χ2n) is 6.39. The maximum Gasteiger partial charge on any atom is 0.220 e. The predicted octanol–water partition coefficient (Wildman–Crippen LogP) is 2.34. The Morgan fingerprint density at radius 3 is 3.00 bits per heavy atom. The van der Waals surface area contributed by atoms with Crippen LogP contribution in [0.2, 0.25) is 0 Å². The number of hydrogen-bond donors (Lipinski definition) is 3. The summed E-state index contributed by atoms with van der Waals surface area (Å²) in [5.41, 5.74) is 1.36. The number of carbonyl (C=O) groups is 1. The Morgan fingerprint density at radius 2 is 2.22 bits per heavy atom. The minimum Gasteiger partial charge on any atom is -0.349 e. The van der Waals surface area contributed by atoms with Crippen molar-refractivity contribution < 1.29 is 9.18 Å². The van der Waals surface area contributed by atoms with Crippen LogP contribution in [-0.2, 0) is 11.3 Å². The zero-order chi connectivity index (χ0) is 16.2. The van der Waals surface area contributed by atoms with E-state index in [1.165, 1.54) is 12.1 Å². The second kappa shape index (κ2) is 7.08. The molecule has 0 aliphatic carbocycles. The SMILES string of the molecule is CC(CC(=O)NCc1nc2ccc(F)cc2[nH]1)C1CCNCC1. The maximum absolute atomic E-state index is 13.2. The smallest absolute Gasteiger partial charge is 0.220 e. The molecule has 0 bridgehead atoms. The number of nitrogens with one attached hydrogen (secondary N) is 3. The molecule has 3 N–H and O–H groups in total. The van der Waals surface area contributed by atoms with Gasteiger partial charge in [0, 0.05) is 6.42 Å². The van der Waals surface area contributed by atoms with Crippen molar-refractivity contribution in [2.75, 3.05) is 13.1 Å². The molecule has 1 aromatic heterocycles. The molecule has 0 saturated carbocycles. The first kappa shape index (κ1) is 15.9. The fourth-order valence-electron chi connectivity index (χ4n) is 3.25. The number of H-pyrrole nitrogens is 1. The predicted molar refractivity (Wildman–Crippen MR) is 87.3 cm³/mol. The van der Waals surface area contributed by atoms with Crippen molar-refractivity contribution in [1.82, 2.24) is 20.6 Å². The highest BCUT2D eigenvalue weighted by Gasteiger charge is 2.21. The molecule has 1 fully saturated rings. The highest BCUT2D eigenvalue weighted by Crippen LogP contribution is 2.24. The molecule has 1 aromatic carbocycles. The number of aromatic nitrogens is 2. The third-order valence-corrected chi connectivity index (χ3v) is 4.64. The largest absolute Gasteiger partial charge is 0.349 e. The summed E-state index contributed by atoms with van der Waals surface area (Å²) in [6.45, 7) is 4.59. The lowest BCUT2D eigenvalue weighted by molar-refractivity contribution is -0.122. The quantitative estimate of drug-likeness (QED) is 0.792. The van der Waals surface area contributed by atoms with Crippen LogP contribution in [0.5, 0.6) is 0 Å². The number of rotatable bonds is 5. The minimum absolute atomic E-state index is 0.0441. The van der Waals surface area contributed by atoms with Crippen LogP contribution in [0, 0.1) is 17.7 Å². The lowest BCUT2D eigenvalue weighted by Crippen LogP contribution is -2.33. The summed E-state index contributed by atoms with van der Waals surface area (Å²) >= 11 is 0. The third-order valence-electron chi connectivity index (χ3n) is 4.64. The Bertz CT molecular complexity index is 678. The van der Waals surface area contributed by atoms with E-state index in [0.29, 0.717) is 41.7 Å². The van der Waals surface area contributed by atoms with Crippen molar-refractivity contribution in [2.45, 2.75) is 32.7 Å². The molecule has 124 valence electrons. The summed E-state index contributed by atoms with van der Waals surface area (Å²) in [7, 11) is 0. The van der Waals surface area contributed by atoms with Gasteiger partial charge in [-0.2, -0.15) is 0 Å². The summed E-state index contributed by atoms with van der Waals surface area (Å²) in [6.07, 6.45) is 2.83. The molecule has 5 nitrogen and oxygen atoms in total. The summed E-state index contributed by atoms with van der Waals surface area (Å²) in [5, 5.41) is 6.25. The molecule has 2 heterocycles. The monoisotopic (exact) mass is 318 g/mol. The van der Waals surface area contributed by atoms with Crippen LogP contribution < -0.4 is 10.6 Å². The zero-order valence-corrected chi connectivity index (χ0v) is 13.4. The van der Waals surface area contributed by atoms with E-state index < -0.39 is 0 Å².